The van der Waals surface area contributed by atoms with E-state index in [0.29, 0.717) is 19.1 Å². The Labute approximate surface area is 199 Å². The SMILES string of the molecule is COc1cccc(CN(Cc2ccc(-n3ccnc3)cc2)c2nc(CN3CCOCC3)co2)c1. The Bertz CT molecular complexity index is 1170. The van der Waals surface area contributed by atoms with Gasteiger partial charge in [-0.1, -0.05) is 24.3 Å². The van der Waals surface area contributed by atoms with Crippen LogP contribution in [0.4, 0.5) is 6.01 Å². The van der Waals surface area contributed by atoms with Crippen molar-refractivity contribution in [2.75, 3.05) is 38.3 Å². The number of nitrogens with zero attached hydrogens (tertiary/aromatic N) is 5. The summed E-state index contributed by atoms with van der Waals surface area (Å²) in [6, 6.07) is 17.2. The Balaban J connectivity index is 1.35. The van der Waals surface area contributed by atoms with Gasteiger partial charge in [0.25, 0.3) is 6.01 Å². The molecule has 0 amide bonds. The summed E-state index contributed by atoms with van der Waals surface area (Å²) in [6.07, 6.45) is 7.28. The summed E-state index contributed by atoms with van der Waals surface area (Å²) in [4.78, 5) is 13.5. The van der Waals surface area contributed by atoms with Crippen molar-refractivity contribution in [3.05, 3.63) is 90.3 Å². The molecule has 3 heterocycles. The second-order valence-electron chi connectivity index (χ2n) is 8.35. The first-order valence-corrected chi connectivity index (χ1v) is 11.5. The van der Waals surface area contributed by atoms with Crippen LogP contribution < -0.4 is 9.64 Å². The number of rotatable bonds is 9. The highest BCUT2D eigenvalue weighted by atomic mass is 16.5. The van der Waals surface area contributed by atoms with E-state index in [1.165, 1.54) is 5.56 Å². The van der Waals surface area contributed by atoms with Gasteiger partial charge in [0.05, 0.1) is 32.3 Å². The highest BCUT2D eigenvalue weighted by Crippen LogP contribution is 2.23. The zero-order valence-electron chi connectivity index (χ0n) is 19.3. The quantitative estimate of drug-likeness (QED) is 0.376. The lowest BCUT2D eigenvalue weighted by Gasteiger charge is -2.25. The third-order valence-corrected chi connectivity index (χ3v) is 5.92. The summed E-state index contributed by atoms with van der Waals surface area (Å²) >= 11 is 0. The number of anilines is 1. The van der Waals surface area contributed by atoms with Gasteiger partial charge in [-0.05, 0) is 35.4 Å². The first-order valence-electron chi connectivity index (χ1n) is 11.5. The third kappa shape index (κ3) is 5.47. The molecule has 0 aliphatic carbocycles. The lowest BCUT2D eigenvalue weighted by molar-refractivity contribution is 0.0336. The monoisotopic (exact) mass is 459 g/mol. The van der Waals surface area contributed by atoms with Crippen molar-refractivity contribution >= 4 is 6.01 Å². The molecule has 0 spiro atoms. The van der Waals surface area contributed by atoms with Crippen molar-refractivity contribution in [1.82, 2.24) is 19.4 Å². The Morgan fingerprint density at radius 3 is 2.62 bits per heavy atom. The molecule has 2 aromatic carbocycles. The third-order valence-electron chi connectivity index (χ3n) is 5.92. The van der Waals surface area contributed by atoms with Gasteiger partial charge in [0, 0.05) is 50.8 Å². The number of benzene rings is 2. The van der Waals surface area contributed by atoms with E-state index in [0.717, 1.165) is 55.5 Å². The highest BCUT2D eigenvalue weighted by molar-refractivity contribution is 5.39. The van der Waals surface area contributed by atoms with Crippen molar-refractivity contribution in [2.24, 2.45) is 0 Å². The molecule has 4 aromatic rings. The smallest absolute Gasteiger partial charge is 0.298 e. The molecule has 176 valence electrons. The van der Waals surface area contributed by atoms with E-state index in [4.69, 9.17) is 18.9 Å². The number of methoxy groups -OCH3 is 1. The minimum Gasteiger partial charge on any atom is -0.497 e. The molecule has 0 bridgehead atoms. The zero-order valence-corrected chi connectivity index (χ0v) is 19.3. The molecule has 5 rings (SSSR count). The Morgan fingerprint density at radius 1 is 1.03 bits per heavy atom. The first-order chi connectivity index (χ1) is 16.8. The number of imidazole rings is 1. The average molecular weight is 460 g/mol. The fourth-order valence-electron chi connectivity index (χ4n) is 4.09. The molecule has 1 aliphatic rings. The molecular formula is C26H29N5O3. The molecular weight excluding hydrogens is 430 g/mol. The van der Waals surface area contributed by atoms with Crippen molar-refractivity contribution in [3.63, 3.8) is 0 Å². The Morgan fingerprint density at radius 2 is 1.85 bits per heavy atom. The summed E-state index contributed by atoms with van der Waals surface area (Å²) in [7, 11) is 1.69. The average Bonchev–Trinajstić information content (AvgIpc) is 3.58. The van der Waals surface area contributed by atoms with Crippen LogP contribution in [0, 0.1) is 0 Å². The second-order valence-corrected chi connectivity index (χ2v) is 8.35. The lowest BCUT2D eigenvalue weighted by Crippen LogP contribution is -2.35. The van der Waals surface area contributed by atoms with E-state index >= 15 is 0 Å². The van der Waals surface area contributed by atoms with Gasteiger partial charge in [-0.15, -0.1) is 0 Å². The molecule has 8 heteroatoms. The molecule has 0 N–H and O–H groups in total. The van der Waals surface area contributed by atoms with Crippen LogP contribution in [0.5, 0.6) is 5.75 Å². The predicted octanol–water partition coefficient (Wildman–Crippen LogP) is 3.91. The van der Waals surface area contributed by atoms with Crippen LogP contribution in [0.15, 0.2) is 77.9 Å². The van der Waals surface area contributed by atoms with E-state index in [2.05, 4.69) is 45.1 Å². The molecule has 0 saturated carbocycles. The summed E-state index contributed by atoms with van der Waals surface area (Å²) in [5.41, 5.74) is 4.30. The second kappa shape index (κ2) is 10.5. The van der Waals surface area contributed by atoms with Gasteiger partial charge in [0.1, 0.15) is 12.0 Å². The zero-order chi connectivity index (χ0) is 23.2. The summed E-state index contributed by atoms with van der Waals surface area (Å²) < 4.78 is 18.8. The van der Waals surface area contributed by atoms with Gasteiger partial charge in [0.2, 0.25) is 0 Å². The van der Waals surface area contributed by atoms with Gasteiger partial charge < -0.3 is 23.4 Å². The van der Waals surface area contributed by atoms with Gasteiger partial charge in [0.15, 0.2) is 0 Å². The maximum atomic E-state index is 5.97. The Kier molecular flexibility index (Phi) is 6.88. The highest BCUT2D eigenvalue weighted by Gasteiger charge is 2.18. The molecule has 2 aromatic heterocycles. The molecule has 0 unspecified atom stereocenters. The number of ether oxygens (including phenoxy) is 2. The van der Waals surface area contributed by atoms with Gasteiger partial charge in [-0.25, -0.2) is 4.98 Å². The topological polar surface area (TPSA) is 68.8 Å². The van der Waals surface area contributed by atoms with Crippen LogP contribution >= 0.6 is 0 Å². The van der Waals surface area contributed by atoms with E-state index in [-0.39, 0.29) is 0 Å². The number of aromatic nitrogens is 3. The molecule has 8 nitrogen and oxygen atoms in total. The maximum absolute atomic E-state index is 5.97. The minimum atomic E-state index is 0.616. The molecule has 1 aliphatic heterocycles. The predicted molar refractivity (Wildman–Crippen MR) is 129 cm³/mol. The minimum absolute atomic E-state index is 0.616. The summed E-state index contributed by atoms with van der Waals surface area (Å²) in [6.45, 7) is 5.44. The van der Waals surface area contributed by atoms with Crippen molar-refractivity contribution < 1.29 is 13.9 Å². The number of oxazole rings is 1. The summed E-state index contributed by atoms with van der Waals surface area (Å²) in [5.74, 6) is 0.836. The van der Waals surface area contributed by atoms with Gasteiger partial charge in [-0.3, -0.25) is 4.90 Å². The van der Waals surface area contributed by atoms with Crippen molar-refractivity contribution in [3.8, 4) is 11.4 Å². The number of morpholine rings is 1. The van der Waals surface area contributed by atoms with Crippen LogP contribution in [0.25, 0.3) is 5.69 Å². The number of hydrogen-bond donors (Lipinski definition) is 0. The van der Waals surface area contributed by atoms with Crippen LogP contribution in [0.1, 0.15) is 16.8 Å². The van der Waals surface area contributed by atoms with Crippen LogP contribution in [0.3, 0.4) is 0 Å². The molecule has 0 atom stereocenters. The van der Waals surface area contributed by atoms with E-state index in [1.807, 2.05) is 29.0 Å². The normalized spacial score (nSPS) is 14.3. The fourth-order valence-corrected chi connectivity index (χ4v) is 4.09. The fraction of sp³-hybridized carbons (Fsp3) is 0.308. The molecule has 34 heavy (non-hydrogen) atoms. The maximum Gasteiger partial charge on any atom is 0.298 e. The van der Waals surface area contributed by atoms with Gasteiger partial charge in [-0.2, -0.15) is 4.98 Å². The van der Waals surface area contributed by atoms with Crippen molar-refractivity contribution in [1.29, 1.82) is 0 Å². The first kappa shape index (κ1) is 22.2. The van der Waals surface area contributed by atoms with Crippen LogP contribution in [-0.2, 0) is 24.4 Å². The molecule has 0 radical (unpaired) electrons. The van der Waals surface area contributed by atoms with Crippen LogP contribution in [-0.4, -0.2) is 52.8 Å². The molecule has 1 fully saturated rings. The van der Waals surface area contributed by atoms with Gasteiger partial charge >= 0.3 is 0 Å². The van der Waals surface area contributed by atoms with Crippen LogP contribution in [0.2, 0.25) is 0 Å². The largest absolute Gasteiger partial charge is 0.497 e. The molecule has 1 saturated heterocycles. The van der Waals surface area contributed by atoms with Crippen molar-refractivity contribution in [2.45, 2.75) is 19.6 Å². The van der Waals surface area contributed by atoms with E-state index in [1.54, 1.807) is 25.9 Å². The Hall–Kier alpha value is -3.62. The summed E-state index contributed by atoms with van der Waals surface area (Å²) in [5, 5.41) is 0. The number of hydrogen-bond acceptors (Lipinski definition) is 7. The van der Waals surface area contributed by atoms with E-state index in [9.17, 15) is 0 Å². The van der Waals surface area contributed by atoms with E-state index < -0.39 is 0 Å². The standard InChI is InChI=1S/C26H29N5O3/c1-32-25-4-2-3-22(15-25)17-31(16-21-5-7-24(8-6-21)30-10-9-27-20-30)26-28-23(19-34-26)18-29-11-13-33-14-12-29/h2-10,15,19-20H,11-14,16-18H2,1H3. The lowest BCUT2D eigenvalue weighted by atomic mass is 10.1.